The number of anilines is 1. The number of amides is 1. The minimum atomic E-state index is 0.0326. The summed E-state index contributed by atoms with van der Waals surface area (Å²) in [5, 5.41) is 5.17. The van der Waals surface area contributed by atoms with Gasteiger partial charge in [-0.3, -0.25) is 9.78 Å². The van der Waals surface area contributed by atoms with Crippen LogP contribution in [-0.4, -0.2) is 18.0 Å². The molecule has 120 valence electrons. The molecule has 2 aromatic carbocycles. The molecule has 2 unspecified atom stereocenters. The minimum Gasteiger partial charge on any atom is -0.497 e. The predicted octanol–water partition coefficient (Wildman–Crippen LogP) is 3.99. The molecule has 24 heavy (non-hydrogen) atoms. The Bertz CT molecular complexity index is 907. The van der Waals surface area contributed by atoms with Gasteiger partial charge in [-0.05, 0) is 53.6 Å². The van der Waals surface area contributed by atoms with Crippen molar-refractivity contribution in [3.63, 3.8) is 0 Å². The Morgan fingerprint density at radius 3 is 2.96 bits per heavy atom. The van der Waals surface area contributed by atoms with E-state index in [4.69, 9.17) is 4.74 Å². The molecule has 1 amide bonds. The van der Waals surface area contributed by atoms with E-state index in [2.05, 4.69) is 16.4 Å². The molecule has 0 radical (unpaired) electrons. The molecule has 4 nitrogen and oxygen atoms in total. The van der Waals surface area contributed by atoms with Gasteiger partial charge in [0.25, 0.3) is 0 Å². The number of pyridine rings is 1. The summed E-state index contributed by atoms with van der Waals surface area (Å²) < 4.78 is 5.26. The van der Waals surface area contributed by atoms with Crippen molar-refractivity contribution in [2.45, 2.75) is 12.3 Å². The number of methoxy groups -OCH3 is 1. The van der Waals surface area contributed by atoms with Gasteiger partial charge in [-0.2, -0.15) is 0 Å². The topological polar surface area (TPSA) is 51.2 Å². The summed E-state index contributed by atoms with van der Waals surface area (Å²) in [6, 6.07) is 15.8. The van der Waals surface area contributed by atoms with E-state index in [-0.39, 0.29) is 17.7 Å². The number of nitrogens with one attached hydrogen (secondary N) is 1. The van der Waals surface area contributed by atoms with Crippen molar-refractivity contribution in [1.82, 2.24) is 4.98 Å². The highest BCUT2D eigenvalue weighted by Gasteiger charge is 2.44. The third-order valence-electron chi connectivity index (χ3n) is 4.56. The smallest absolute Gasteiger partial charge is 0.228 e. The van der Waals surface area contributed by atoms with Crippen LogP contribution in [0.3, 0.4) is 0 Å². The third-order valence-corrected chi connectivity index (χ3v) is 4.56. The zero-order valence-corrected chi connectivity index (χ0v) is 13.4. The Hall–Kier alpha value is -2.88. The van der Waals surface area contributed by atoms with Crippen LogP contribution in [0, 0.1) is 5.92 Å². The molecule has 2 atom stereocenters. The number of benzene rings is 2. The van der Waals surface area contributed by atoms with Gasteiger partial charge in [0.1, 0.15) is 5.75 Å². The van der Waals surface area contributed by atoms with Gasteiger partial charge < -0.3 is 10.1 Å². The third kappa shape index (κ3) is 2.83. The van der Waals surface area contributed by atoms with Crippen LogP contribution in [0.4, 0.5) is 5.69 Å². The van der Waals surface area contributed by atoms with Gasteiger partial charge in [0.2, 0.25) is 5.91 Å². The van der Waals surface area contributed by atoms with Crippen molar-refractivity contribution in [2.75, 3.05) is 12.4 Å². The second-order valence-corrected chi connectivity index (χ2v) is 6.15. The SMILES string of the molecule is COc1cccc(C2CC2C(=O)Nc2ccc3cnccc3c2)c1. The van der Waals surface area contributed by atoms with Gasteiger partial charge in [-0.15, -0.1) is 0 Å². The Labute approximate surface area is 140 Å². The Kier molecular flexibility index (Phi) is 3.65. The van der Waals surface area contributed by atoms with E-state index in [9.17, 15) is 4.79 Å². The quantitative estimate of drug-likeness (QED) is 0.791. The van der Waals surface area contributed by atoms with Crippen LogP contribution in [0.25, 0.3) is 10.8 Å². The van der Waals surface area contributed by atoms with Crippen molar-refractivity contribution in [3.05, 3.63) is 66.5 Å². The fourth-order valence-corrected chi connectivity index (χ4v) is 3.12. The number of hydrogen-bond acceptors (Lipinski definition) is 3. The number of carbonyl (C=O) groups excluding carboxylic acids is 1. The lowest BCUT2D eigenvalue weighted by atomic mass is 10.1. The molecule has 0 saturated heterocycles. The molecule has 3 aromatic rings. The van der Waals surface area contributed by atoms with E-state index in [0.29, 0.717) is 0 Å². The van der Waals surface area contributed by atoms with Crippen molar-refractivity contribution >= 4 is 22.4 Å². The van der Waals surface area contributed by atoms with Crippen LogP contribution in [0.1, 0.15) is 17.9 Å². The molecule has 4 heteroatoms. The van der Waals surface area contributed by atoms with E-state index in [1.165, 1.54) is 5.56 Å². The number of rotatable bonds is 4. The molecule has 1 saturated carbocycles. The first-order valence-corrected chi connectivity index (χ1v) is 8.03. The van der Waals surface area contributed by atoms with Gasteiger partial charge in [0, 0.05) is 29.4 Å². The molecule has 1 aliphatic rings. The first-order chi connectivity index (χ1) is 11.7. The van der Waals surface area contributed by atoms with Crippen LogP contribution >= 0.6 is 0 Å². The average molecular weight is 318 g/mol. The molecule has 1 heterocycles. The Balaban J connectivity index is 1.46. The van der Waals surface area contributed by atoms with Gasteiger partial charge in [0.05, 0.1) is 7.11 Å². The number of nitrogens with zero attached hydrogens (tertiary/aromatic N) is 1. The fraction of sp³-hybridized carbons (Fsp3) is 0.200. The van der Waals surface area contributed by atoms with Crippen molar-refractivity contribution < 1.29 is 9.53 Å². The zero-order chi connectivity index (χ0) is 16.5. The van der Waals surface area contributed by atoms with Gasteiger partial charge in [0.15, 0.2) is 0 Å². The molecular weight excluding hydrogens is 300 g/mol. The molecule has 1 aliphatic carbocycles. The average Bonchev–Trinajstić information content (AvgIpc) is 3.43. The largest absolute Gasteiger partial charge is 0.497 e. The molecule has 0 bridgehead atoms. The maximum atomic E-state index is 12.5. The van der Waals surface area contributed by atoms with Gasteiger partial charge >= 0.3 is 0 Å². The summed E-state index contributed by atoms with van der Waals surface area (Å²) in [7, 11) is 1.66. The fourth-order valence-electron chi connectivity index (χ4n) is 3.12. The molecule has 4 rings (SSSR count). The molecule has 1 fully saturated rings. The van der Waals surface area contributed by atoms with Crippen molar-refractivity contribution in [2.24, 2.45) is 5.92 Å². The lowest BCUT2D eigenvalue weighted by Crippen LogP contribution is -2.14. The van der Waals surface area contributed by atoms with E-state index in [0.717, 1.165) is 28.6 Å². The van der Waals surface area contributed by atoms with Gasteiger partial charge in [-0.25, -0.2) is 0 Å². The number of fused-ring (bicyclic) bond motifs is 1. The van der Waals surface area contributed by atoms with E-state index in [1.807, 2.05) is 48.7 Å². The van der Waals surface area contributed by atoms with Crippen LogP contribution in [0.2, 0.25) is 0 Å². The maximum absolute atomic E-state index is 12.5. The monoisotopic (exact) mass is 318 g/mol. The minimum absolute atomic E-state index is 0.0326. The lowest BCUT2D eigenvalue weighted by molar-refractivity contribution is -0.117. The normalized spacial score (nSPS) is 19.0. The lowest BCUT2D eigenvalue weighted by Gasteiger charge is -2.07. The summed E-state index contributed by atoms with van der Waals surface area (Å²) in [6.07, 6.45) is 4.46. The summed E-state index contributed by atoms with van der Waals surface area (Å²) in [5.41, 5.74) is 1.99. The molecule has 1 N–H and O–H groups in total. The molecule has 1 aromatic heterocycles. The summed E-state index contributed by atoms with van der Waals surface area (Å²) in [4.78, 5) is 16.6. The predicted molar refractivity (Wildman–Crippen MR) is 94.2 cm³/mol. The molecule has 0 aliphatic heterocycles. The first kappa shape index (κ1) is 14.7. The zero-order valence-electron chi connectivity index (χ0n) is 13.4. The number of hydrogen-bond donors (Lipinski definition) is 1. The standard InChI is InChI=1S/C20H18N2O2/c1-24-17-4-2-3-14(10-17)18-11-19(18)20(23)22-16-6-5-15-12-21-8-7-13(15)9-16/h2-10,12,18-19H,11H2,1H3,(H,22,23). The van der Waals surface area contributed by atoms with E-state index < -0.39 is 0 Å². The number of aromatic nitrogens is 1. The highest BCUT2D eigenvalue weighted by atomic mass is 16.5. The highest BCUT2D eigenvalue weighted by Crippen LogP contribution is 2.48. The summed E-state index contributed by atoms with van der Waals surface area (Å²) >= 11 is 0. The van der Waals surface area contributed by atoms with Crippen LogP contribution in [-0.2, 0) is 4.79 Å². The Morgan fingerprint density at radius 2 is 2.08 bits per heavy atom. The van der Waals surface area contributed by atoms with Crippen molar-refractivity contribution in [3.8, 4) is 5.75 Å². The number of ether oxygens (including phenoxy) is 1. The van der Waals surface area contributed by atoms with E-state index in [1.54, 1.807) is 13.3 Å². The van der Waals surface area contributed by atoms with Crippen molar-refractivity contribution in [1.29, 1.82) is 0 Å². The molecule has 0 spiro atoms. The highest BCUT2D eigenvalue weighted by molar-refractivity contribution is 5.97. The van der Waals surface area contributed by atoms with Gasteiger partial charge in [-0.1, -0.05) is 18.2 Å². The van der Waals surface area contributed by atoms with E-state index >= 15 is 0 Å². The van der Waals surface area contributed by atoms with Crippen LogP contribution < -0.4 is 10.1 Å². The molecular formula is C20H18N2O2. The van der Waals surface area contributed by atoms with Crippen LogP contribution in [0.5, 0.6) is 5.75 Å². The number of carbonyl (C=O) groups is 1. The Morgan fingerprint density at radius 1 is 1.17 bits per heavy atom. The summed E-state index contributed by atoms with van der Waals surface area (Å²) in [6.45, 7) is 0. The second kappa shape index (κ2) is 5.96. The maximum Gasteiger partial charge on any atom is 0.228 e. The summed E-state index contributed by atoms with van der Waals surface area (Å²) in [5.74, 6) is 1.23. The second-order valence-electron chi connectivity index (χ2n) is 6.15. The first-order valence-electron chi connectivity index (χ1n) is 8.03. The van der Waals surface area contributed by atoms with Crippen LogP contribution in [0.15, 0.2) is 60.9 Å².